The van der Waals surface area contributed by atoms with Crippen LogP contribution in [0, 0.1) is 13.8 Å². The van der Waals surface area contributed by atoms with Crippen molar-refractivity contribution in [2.45, 2.75) is 26.8 Å². The fourth-order valence-corrected chi connectivity index (χ4v) is 3.62. The van der Waals surface area contributed by atoms with E-state index in [9.17, 15) is 0 Å². The van der Waals surface area contributed by atoms with E-state index in [0.29, 0.717) is 0 Å². The molecule has 1 heterocycles. The standard InChI is InChI=1S/C17H17BrN2S/c1-10-8-13(9-11(2)16(10)18)19-12(3)17-20-14-6-4-5-7-15(14)21-17/h4-9,12,19H,1-3H3. The number of anilines is 1. The van der Waals surface area contributed by atoms with Gasteiger partial charge in [0.25, 0.3) is 0 Å². The molecule has 1 atom stereocenters. The van der Waals surface area contributed by atoms with E-state index in [-0.39, 0.29) is 6.04 Å². The molecule has 0 aliphatic heterocycles. The van der Waals surface area contributed by atoms with E-state index < -0.39 is 0 Å². The van der Waals surface area contributed by atoms with Gasteiger partial charge in [-0.1, -0.05) is 28.1 Å². The van der Waals surface area contributed by atoms with Gasteiger partial charge in [-0.25, -0.2) is 4.98 Å². The minimum Gasteiger partial charge on any atom is -0.376 e. The molecule has 1 aromatic heterocycles. The van der Waals surface area contributed by atoms with Crippen LogP contribution in [-0.4, -0.2) is 4.98 Å². The van der Waals surface area contributed by atoms with E-state index in [2.05, 4.69) is 72.3 Å². The zero-order chi connectivity index (χ0) is 15.0. The topological polar surface area (TPSA) is 24.9 Å². The predicted molar refractivity (Wildman–Crippen MR) is 95.3 cm³/mol. The Labute approximate surface area is 137 Å². The van der Waals surface area contributed by atoms with Crippen LogP contribution in [0.5, 0.6) is 0 Å². The molecule has 4 heteroatoms. The van der Waals surface area contributed by atoms with Crippen molar-refractivity contribution in [2.24, 2.45) is 0 Å². The first kappa shape index (κ1) is 14.5. The molecule has 0 fully saturated rings. The number of aryl methyl sites for hydroxylation is 2. The molecule has 1 N–H and O–H groups in total. The highest BCUT2D eigenvalue weighted by Gasteiger charge is 2.12. The second kappa shape index (κ2) is 5.78. The number of hydrogen-bond donors (Lipinski definition) is 1. The van der Waals surface area contributed by atoms with Crippen LogP contribution >= 0.6 is 27.3 Å². The summed E-state index contributed by atoms with van der Waals surface area (Å²) in [4.78, 5) is 4.72. The van der Waals surface area contributed by atoms with Crippen molar-refractivity contribution in [3.8, 4) is 0 Å². The van der Waals surface area contributed by atoms with Gasteiger partial charge >= 0.3 is 0 Å². The molecule has 0 bridgehead atoms. The fraction of sp³-hybridized carbons (Fsp3) is 0.235. The van der Waals surface area contributed by atoms with Crippen LogP contribution in [0.25, 0.3) is 10.2 Å². The Morgan fingerprint density at radius 3 is 2.48 bits per heavy atom. The first-order valence-electron chi connectivity index (χ1n) is 6.93. The first-order chi connectivity index (χ1) is 10.0. The lowest BCUT2D eigenvalue weighted by Gasteiger charge is -2.15. The molecule has 0 saturated carbocycles. The number of para-hydroxylation sites is 1. The maximum atomic E-state index is 4.72. The number of thiazole rings is 1. The van der Waals surface area contributed by atoms with E-state index in [4.69, 9.17) is 4.98 Å². The van der Waals surface area contributed by atoms with Gasteiger partial charge in [0, 0.05) is 10.2 Å². The molecule has 2 aromatic carbocycles. The van der Waals surface area contributed by atoms with E-state index in [1.807, 2.05) is 6.07 Å². The van der Waals surface area contributed by atoms with E-state index in [1.54, 1.807) is 11.3 Å². The molecule has 3 rings (SSSR count). The molecule has 2 nitrogen and oxygen atoms in total. The molecule has 108 valence electrons. The normalized spacial score (nSPS) is 12.6. The van der Waals surface area contributed by atoms with Crippen LogP contribution in [0.2, 0.25) is 0 Å². The highest BCUT2D eigenvalue weighted by atomic mass is 79.9. The Hall–Kier alpha value is -1.39. The van der Waals surface area contributed by atoms with Crippen molar-refractivity contribution in [2.75, 3.05) is 5.32 Å². The van der Waals surface area contributed by atoms with Crippen molar-refractivity contribution < 1.29 is 0 Å². The fourth-order valence-electron chi connectivity index (χ4n) is 2.42. The third kappa shape index (κ3) is 2.97. The molecule has 0 radical (unpaired) electrons. The average Bonchev–Trinajstić information content (AvgIpc) is 2.88. The minimum absolute atomic E-state index is 0.197. The largest absolute Gasteiger partial charge is 0.376 e. The van der Waals surface area contributed by atoms with Crippen molar-refractivity contribution in [1.29, 1.82) is 0 Å². The van der Waals surface area contributed by atoms with Crippen molar-refractivity contribution in [1.82, 2.24) is 4.98 Å². The predicted octanol–water partition coefficient (Wildman–Crippen LogP) is 5.85. The number of halogens is 1. The maximum Gasteiger partial charge on any atom is 0.116 e. The summed E-state index contributed by atoms with van der Waals surface area (Å²) >= 11 is 5.36. The number of aromatic nitrogens is 1. The lowest BCUT2D eigenvalue weighted by atomic mass is 10.1. The Morgan fingerprint density at radius 2 is 1.81 bits per heavy atom. The number of nitrogens with one attached hydrogen (secondary N) is 1. The summed E-state index contributed by atoms with van der Waals surface area (Å²) in [5.74, 6) is 0. The van der Waals surface area contributed by atoms with Crippen molar-refractivity contribution in [3.63, 3.8) is 0 Å². The highest BCUT2D eigenvalue weighted by molar-refractivity contribution is 9.10. The molecular weight excluding hydrogens is 344 g/mol. The van der Waals surface area contributed by atoms with Gasteiger partial charge in [0.2, 0.25) is 0 Å². The lowest BCUT2D eigenvalue weighted by Crippen LogP contribution is -2.06. The number of rotatable bonds is 3. The Morgan fingerprint density at radius 1 is 1.14 bits per heavy atom. The first-order valence-corrected chi connectivity index (χ1v) is 8.54. The van der Waals surface area contributed by atoms with Crippen LogP contribution in [-0.2, 0) is 0 Å². The lowest BCUT2D eigenvalue weighted by molar-refractivity contribution is 0.873. The molecule has 21 heavy (non-hydrogen) atoms. The van der Waals surface area contributed by atoms with Gasteiger partial charge in [-0.15, -0.1) is 11.3 Å². The minimum atomic E-state index is 0.197. The van der Waals surface area contributed by atoms with Crippen LogP contribution in [0.3, 0.4) is 0 Å². The zero-order valence-electron chi connectivity index (χ0n) is 12.3. The Kier molecular flexibility index (Phi) is 4.00. The molecule has 0 amide bonds. The quantitative estimate of drug-likeness (QED) is 0.633. The summed E-state index contributed by atoms with van der Waals surface area (Å²) in [6, 6.07) is 12.8. The molecule has 1 unspecified atom stereocenters. The number of nitrogens with zero attached hydrogens (tertiary/aromatic N) is 1. The number of fused-ring (bicyclic) bond motifs is 1. The molecule has 0 aliphatic carbocycles. The van der Waals surface area contributed by atoms with Gasteiger partial charge in [-0.3, -0.25) is 0 Å². The number of benzene rings is 2. The van der Waals surface area contributed by atoms with Gasteiger partial charge in [-0.2, -0.15) is 0 Å². The van der Waals surface area contributed by atoms with Crippen molar-refractivity contribution in [3.05, 3.63) is 57.0 Å². The molecule has 0 spiro atoms. The van der Waals surface area contributed by atoms with Crippen molar-refractivity contribution >= 4 is 43.2 Å². The van der Waals surface area contributed by atoms with E-state index >= 15 is 0 Å². The van der Waals surface area contributed by atoms with Gasteiger partial charge in [-0.05, 0) is 56.2 Å². The average molecular weight is 361 g/mol. The second-order valence-electron chi connectivity index (χ2n) is 5.31. The van der Waals surface area contributed by atoms with Gasteiger partial charge in [0.1, 0.15) is 5.01 Å². The third-order valence-corrected chi connectivity index (χ3v) is 5.97. The summed E-state index contributed by atoms with van der Waals surface area (Å²) < 4.78 is 2.42. The summed E-state index contributed by atoms with van der Waals surface area (Å²) in [5.41, 5.74) is 4.71. The second-order valence-corrected chi connectivity index (χ2v) is 7.17. The van der Waals surface area contributed by atoms with Gasteiger partial charge in [0.05, 0.1) is 16.3 Å². The third-order valence-electron chi connectivity index (χ3n) is 3.50. The highest BCUT2D eigenvalue weighted by Crippen LogP contribution is 2.30. The summed E-state index contributed by atoms with van der Waals surface area (Å²) in [6.45, 7) is 6.39. The molecule has 0 saturated heterocycles. The van der Waals surface area contributed by atoms with Gasteiger partial charge < -0.3 is 5.32 Å². The van der Waals surface area contributed by atoms with Crippen LogP contribution in [0.1, 0.15) is 29.1 Å². The van der Waals surface area contributed by atoms with Crippen LogP contribution < -0.4 is 5.32 Å². The van der Waals surface area contributed by atoms with E-state index in [0.717, 1.165) is 16.2 Å². The SMILES string of the molecule is Cc1cc(NC(C)c2nc3ccccc3s2)cc(C)c1Br. The van der Waals surface area contributed by atoms with Gasteiger partial charge in [0.15, 0.2) is 0 Å². The Bertz CT molecular complexity index is 738. The van der Waals surface area contributed by atoms with Crippen LogP contribution in [0.15, 0.2) is 40.9 Å². The maximum absolute atomic E-state index is 4.72. The number of hydrogen-bond acceptors (Lipinski definition) is 3. The summed E-state index contributed by atoms with van der Waals surface area (Å²) in [7, 11) is 0. The molecule has 0 aliphatic rings. The van der Waals surface area contributed by atoms with Crippen LogP contribution in [0.4, 0.5) is 5.69 Å². The summed E-state index contributed by atoms with van der Waals surface area (Å²) in [5, 5.41) is 4.67. The van der Waals surface area contributed by atoms with E-state index in [1.165, 1.54) is 20.3 Å². The molecule has 3 aromatic rings. The monoisotopic (exact) mass is 360 g/mol. The zero-order valence-corrected chi connectivity index (χ0v) is 14.7. The Balaban J connectivity index is 1.87. The summed E-state index contributed by atoms with van der Waals surface area (Å²) in [6.07, 6.45) is 0. The molecular formula is C17H17BrN2S. The smallest absolute Gasteiger partial charge is 0.116 e.